The van der Waals surface area contributed by atoms with Gasteiger partial charge in [0.25, 0.3) is 0 Å². The highest BCUT2D eigenvalue weighted by molar-refractivity contribution is 5.38. The fraction of sp³-hybridized carbons (Fsp3) is 0.417. The summed E-state index contributed by atoms with van der Waals surface area (Å²) in [5, 5.41) is 8.92. The minimum absolute atomic E-state index is 0.441. The van der Waals surface area contributed by atoms with E-state index >= 15 is 0 Å². The average Bonchev–Trinajstić information content (AvgIpc) is 2.45. The lowest BCUT2D eigenvalue weighted by atomic mass is 10.1. The molecule has 1 aromatic rings. The van der Waals surface area contributed by atoms with Crippen molar-refractivity contribution in [2.75, 3.05) is 0 Å². The Bertz CT molecular complexity index is 378. The van der Waals surface area contributed by atoms with Crippen molar-refractivity contribution in [3.63, 3.8) is 0 Å². The quantitative estimate of drug-likeness (QED) is 0.670. The number of hydrogen-bond donors (Lipinski definition) is 0. The van der Waals surface area contributed by atoms with Crippen molar-refractivity contribution in [2.24, 2.45) is 0 Å². The zero-order valence-electron chi connectivity index (χ0n) is 9.04. The Balaban J connectivity index is 3.28. The molecule has 2 heteroatoms. The van der Waals surface area contributed by atoms with Crippen molar-refractivity contribution in [3.05, 3.63) is 35.7 Å². The monoisotopic (exact) mass is 188 g/mol. The molecule has 1 aromatic heterocycles. The van der Waals surface area contributed by atoms with Crippen molar-refractivity contribution in [3.8, 4) is 6.07 Å². The van der Waals surface area contributed by atoms with Gasteiger partial charge in [0, 0.05) is 17.9 Å². The van der Waals surface area contributed by atoms with Crippen LogP contribution in [0, 0.1) is 18.3 Å². The first kappa shape index (κ1) is 10.6. The number of nitrogens with zero attached hydrogens (tertiary/aromatic N) is 2. The lowest BCUT2D eigenvalue weighted by Crippen LogP contribution is -2.04. The molecule has 2 nitrogen and oxygen atoms in total. The van der Waals surface area contributed by atoms with Gasteiger partial charge in [0.1, 0.15) is 6.07 Å². The van der Waals surface area contributed by atoms with Crippen LogP contribution in [0.3, 0.4) is 0 Å². The molecule has 0 amide bonds. The van der Waals surface area contributed by atoms with Gasteiger partial charge in [-0.25, -0.2) is 0 Å². The predicted molar refractivity (Wildman–Crippen MR) is 58.2 cm³/mol. The van der Waals surface area contributed by atoms with Crippen LogP contribution >= 0.6 is 0 Å². The first-order valence-electron chi connectivity index (χ1n) is 4.82. The van der Waals surface area contributed by atoms with Crippen molar-refractivity contribution in [1.82, 2.24) is 4.57 Å². The van der Waals surface area contributed by atoms with Crippen molar-refractivity contribution in [2.45, 2.75) is 33.2 Å². The van der Waals surface area contributed by atoms with E-state index in [1.807, 2.05) is 19.1 Å². The van der Waals surface area contributed by atoms with E-state index in [1.165, 1.54) is 5.69 Å². The van der Waals surface area contributed by atoms with E-state index in [2.05, 4.69) is 31.1 Å². The minimum Gasteiger partial charge on any atom is -0.344 e. The zero-order chi connectivity index (χ0) is 10.7. The molecular weight excluding hydrogens is 172 g/mol. The molecule has 1 rings (SSSR count). The molecule has 0 N–H and O–H groups in total. The van der Waals surface area contributed by atoms with Crippen LogP contribution in [0.25, 0.3) is 0 Å². The fourth-order valence-corrected chi connectivity index (χ4v) is 1.63. The third-order valence-corrected chi connectivity index (χ3v) is 2.42. The Morgan fingerprint density at radius 1 is 1.64 bits per heavy atom. The molecule has 0 spiro atoms. The molecule has 0 bridgehead atoms. The van der Waals surface area contributed by atoms with Crippen LogP contribution < -0.4 is 0 Å². The zero-order valence-corrected chi connectivity index (χ0v) is 9.04. The summed E-state index contributed by atoms with van der Waals surface area (Å²) in [5.74, 6) is 0.441. The van der Waals surface area contributed by atoms with Gasteiger partial charge in [-0.3, -0.25) is 0 Å². The highest BCUT2D eigenvalue weighted by Crippen LogP contribution is 2.21. The van der Waals surface area contributed by atoms with Gasteiger partial charge >= 0.3 is 0 Å². The second kappa shape index (κ2) is 4.15. The summed E-state index contributed by atoms with van der Waals surface area (Å²) in [6.07, 6.45) is 1.86. The second-order valence-electron chi connectivity index (χ2n) is 3.73. The number of allylic oxidation sites excluding steroid dienone is 1. The summed E-state index contributed by atoms with van der Waals surface area (Å²) in [5.41, 5.74) is 3.02. The Morgan fingerprint density at radius 3 is 2.71 bits per heavy atom. The molecule has 0 aliphatic rings. The number of hydrogen-bond acceptors (Lipinski definition) is 1. The summed E-state index contributed by atoms with van der Waals surface area (Å²) in [4.78, 5) is 0. The Morgan fingerprint density at radius 2 is 2.29 bits per heavy atom. The molecule has 74 valence electrons. The summed E-state index contributed by atoms with van der Waals surface area (Å²) >= 11 is 0. The van der Waals surface area contributed by atoms with E-state index in [4.69, 9.17) is 5.26 Å². The number of nitriles is 1. The average molecular weight is 188 g/mol. The van der Waals surface area contributed by atoms with E-state index in [0.29, 0.717) is 5.92 Å². The standard InChI is InChI=1S/C12H16N2/c1-5-6-14-10(4)11(8-13)7-12(14)9(2)3/h5,7,9H,1,6H2,2-4H3. The van der Waals surface area contributed by atoms with Crippen LogP contribution in [0.4, 0.5) is 0 Å². The van der Waals surface area contributed by atoms with Gasteiger partial charge in [0.05, 0.1) is 5.56 Å². The molecule has 0 saturated carbocycles. The van der Waals surface area contributed by atoms with Gasteiger partial charge < -0.3 is 4.57 Å². The molecule has 1 heterocycles. The Kier molecular flexibility index (Phi) is 3.14. The number of rotatable bonds is 3. The van der Waals surface area contributed by atoms with Gasteiger partial charge in [-0.1, -0.05) is 19.9 Å². The van der Waals surface area contributed by atoms with Crippen molar-refractivity contribution < 1.29 is 0 Å². The molecule has 0 saturated heterocycles. The van der Waals surface area contributed by atoms with Crippen molar-refractivity contribution in [1.29, 1.82) is 5.26 Å². The fourth-order valence-electron chi connectivity index (χ4n) is 1.63. The first-order chi connectivity index (χ1) is 6.61. The van der Waals surface area contributed by atoms with Crippen LogP contribution in [0.1, 0.15) is 36.7 Å². The summed E-state index contributed by atoms with van der Waals surface area (Å²) in [6, 6.07) is 4.19. The van der Waals surface area contributed by atoms with Crippen LogP contribution in [0.15, 0.2) is 18.7 Å². The van der Waals surface area contributed by atoms with Crippen molar-refractivity contribution >= 4 is 0 Å². The highest BCUT2D eigenvalue weighted by Gasteiger charge is 2.12. The maximum absolute atomic E-state index is 8.92. The molecule has 14 heavy (non-hydrogen) atoms. The topological polar surface area (TPSA) is 28.7 Å². The van der Waals surface area contributed by atoms with Crippen LogP contribution in [0.2, 0.25) is 0 Å². The molecule has 0 atom stereocenters. The van der Waals surface area contributed by atoms with Gasteiger partial charge in [-0.05, 0) is 18.9 Å². The normalized spacial score (nSPS) is 10.2. The Hall–Kier alpha value is -1.49. The summed E-state index contributed by atoms with van der Waals surface area (Å²) in [7, 11) is 0. The van der Waals surface area contributed by atoms with E-state index < -0.39 is 0 Å². The predicted octanol–water partition coefficient (Wildman–Crippen LogP) is 2.98. The SMILES string of the molecule is C=CCn1c(C(C)C)cc(C#N)c1C. The molecule has 0 unspecified atom stereocenters. The molecule has 0 aliphatic carbocycles. The molecule has 0 aliphatic heterocycles. The number of aromatic nitrogens is 1. The first-order valence-corrected chi connectivity index (χ1v) is 4.82. The van der Waals surface area contributed by atoms with E-state index in [1.54, 1.807) is 0 Å². The summed E-state index contributed by atoms with van der Waals surface area (Å²) < 4.78 is 2.15. The van der Waals surface area contributed by atoms with Crippen LogP contribution in [-0.2, 0) is 6.54 Å². The lowest BCUT2D eigenvalue weighted by molar-refractivity contribution is 0.688. The minimum atomic E-state index is 0.441. The highest BCUT2D eigenvalue weighted by atomic mass is 15.0. The largest absolute Gasteiger partial charge is 0.344 e. The third-order valence-electron chi connectivity index (χ3n) is 2.42. The van der Waals surface area contributed by atoms with E-state index in [9.17, 15) is 0 Å². The van der Waals surface area contributed by atoms with Crippen LogP contribution in [-0.4, -0.2) is 4.57 Å². The molecule has 0 radical (unpaired) electrons. The molecule has 0 fully saturated rings. The molecular formula is C12H16N2. The molecule has 0 aromatic carbocycles. The van der Waals surface area contributed by atoms with Gasteiger partial charge in [-0.15, -0.1) is 6.58 Å². The van der Waals surface area contributed by atoms with E-state index in [0.717, 1.165) is 17.8 Å². The second-order valence-corrected chi connectivity index (χ2v) is 3.73. The lowest BCUT2D eigenvalue weighted by Gasteiger charge is -2.11. The van der Waals surface area contributed by atoms with Gasteiger partial charge in [-0.2, -0.15) is 5.26 Å². The third kappa shape index (κ3) is 1.72. The van der Waals surface area contributed by atoms with Crippen LogP contribution in [0.5, 0.6) is 0 Å². The Labute approximate surface area is 85.5 Å². The van der Waals surface area contributed by atoms with Gasteiger partial charge in [0.15, 0.2) is 0 Å². The maximum atomic E-state index is 8.92. The summed E-state index contributed by atoms with van der Waals surface area (Å²) in [6.45, 7) is 10.8. The smallest absolute Gasteiger partial charge is 0.101 e. The van der Waals surface area contributed by atoms with Gasteiger partial charge in [0.2, 0.25) is 0 Å². The van der Waals surface area contributed by atoms with E-state index in [-0.39, 0.29) is 0 Å². The maximum Gasteiger partial charge on any atom is 0.101 e.